The summed E-state index contributed by atoms with van der Waals surface area (Å²) in [6.07, 6.45) is 4.09. The molecule has 1 unspecified atom stereocenters. The molecule has 0 saturated carbocycles. The maximum Gasteiger partial charge on any atom is 0.247 e. The second-order valence-corrected chi connectivity index (χ2v) is 7.91. The number of hydrogen-bond acceptors (Lipinski definition) is 3. The average molecular weight is 434 g/mol. The lowest BCUT2D eigenvalue weighted by Crippen LogP contribution is -2.48. The van der Waals surface area contributed by atoms with Crippen molar-refractivity contribution in [1.29, 1.82) is 0 Å². The Morgan fingerprint density at radius 3 is 2.37 bits per heavy atom. The first kappa shape index (κ1) is 19.6. The minimum Gasteiger partial charge on any atom is -0.339 e. The van der Waals surface area contributed by atoms with Crippen LogP contribution in [0.4, 0.5) is 5.69 Å². The van der Waals surface area contributed by atoms with E-state index in [-0.39, 0.29) is 23.6 Å². The third-order valence-electron chi connectivity index (χ3n) is 5.28. The zero-order valence-corrected chi connectivity index (χ0v) is 16.8. The predicted octanol–water partition coefficient (Wildman–Crippen LogP) is 2.80. The molecular formula is C20H24BrN3O3. The van der Waals surface area contributed by atoms with Crippen LogP contribution in [0.25, 0.3) is 0 Å². The Bertz CT molecular complexity index is 726. The minimum atomic E-state index is -0.422. The molecule has 1 N–H and O–H groups in total. The molecule has 2 saturated heterocycles. The SMILES string of the molecule is C=CC(=O)N1CCC(C(=O)N2CCCC2C(=O)Nc2ccc(Br)cc2)CC1. The van der Waals surface area contributed by atoms with E-state index in [0.29, 0.717) is 38.9 Å². The van der Waals surface area contributed by atoms with E-state index in [9.17, 15) is 14.4 Å². The van der Waals surface area contributed by atoms with Gasteiger partial charge in [0.15, 0.2) is 0 Å². The Morgan fingerprint density at radius 2 is 1.74 bits per heavy atom. The van der Waals surface area contributed by atoms with Crippen molar-refractivity contribution in [3.05, 3.63) is 41.4 Å². The number of piperidine rings is 1. The van der Waals surface area contributed by atoms with Crippen molar-refractivity contribution in [2.75, 3.05) is 25.0 Å². The number of benzene rings is 1. The summed E-state index contributed by atoms with van der Waals surface area (Å²) < 4.78 is 0.944. The van der Waals surface area contributed by atoms with E-state index in [4.69, 9.17) is 0 Å². The Hall–Kier alpha value is -2.15. The molecule has 0 spiro atoms. The van der Waals surface area contributed by atoms with E-state index in [1.807, 2.05) is 24.3 Å². The van der Waals surface area contributed by atoms with Crippen LogP contribution in [0.1, 0.15) is 25.7 Å². The van der Waals surface area contributed by atoms with E-state index in [2.05, 4.69) is 27.8 Å². The van der Waals surface area contributed by atoms with Gasteiger partial charge < -0.3 is 15.1 Å². The fourth-order valence-corrected chi connectivity index (χ4v) is 4.04. The molecule has 3 amide bonds. The Kier molecular flexibility index (Phi) is 6.31. The van der Waals surface area contributed by atoms with Crippen molar-refractivity contribution in [3.8, 4) is 0 Å². The number of hydrogen-bond donors (Lipinski definition) is 1. The predicted molar refractivity (Wildman–Crippen MR) is 107 cm³/mol. The van der Waals surface area contributed by atoms with Crippen molar-refractivity contribution in [2.45, 2.75) is 31.7 Å². The van der Waals surface area contributed by atoms with Crippen LogP contribution in [-0.4, -0.2) is 53.2 Å². The van der Waals surface area contributed by atoms with Crippen LogP contribution >= 0.6 is 15.9 Å². The van der Waals surface area contributed by atoms with Gasteiger partial charge in [0.05, 0.1) is 0 Å². The summed E-state index contributed by atoms with van der Waals surface area (Å²) in [7, 11) is 0. The number of carbonyl (C=O) groups is 3. The number of amides is 3. The average Bonchev–Trinajstić information content (AvgIpc) is 3.18. The van der Waals surface area contributed by atoms with Gasteiger partial charge in [-0.05, 0) is 56.0 Å². The number of halogens is 1. The molecule has 0 radical (unpaired) electrons. The fraction of sp³-hybridized carbons (Fsp3) is 0.450. The number of carbonyl (C=O) groups excluding carboxylic acids is 3. The lowest BCUT2D eigenvalue weighted by Gasteiger charge is -2.34. The van der Waals surface area contributed by atoms with Crippen LogP contribution in [0.15, 0.2) is 41.4 Å². The monoisotopic (exact) mass is 433 g/mol. The van der Waals surface area contributed by atoms with Gasteiger partial charge in [-0.2, -0.15) is 0 Å². The molecule has 1 aromatic rings. The van der Waals surface area contributed by atoms with Gasteiger partial charge in [-0.25, -0.2) is 0 Å². The number of likely N-dealkylation sites (tertiary alicyclic amines) is 2. The second-order valence-electron chi connectivity index (χ2n) is 6.99. The zero-order valence-electron chi connectivity index (χ0n) is 15.2. The van der Waals surface area contributed by atoms with E-state index in [1.54, 1.807) is 9.80 Å². The summed E-state index contributed by atoms with van der Waals surface area (Å²) in [5.41, 5.74) is 0.721. The molecule has 0 aromatic heterocycles. The Balaban J connectivity index is 1.59. The van der Waals surface area contributed by atoms with Crippen molar-refractivity contribution < 1.29 is 14.4 Å². The lowest BCUT2D eigenvalue weighted by molar-refractivity contribution is -0.142. The first-order chi connectivity index (χ1) is 13.0. The molecule has 1 aromatic carbocycles. The van der Waals surface area contributed by atoms with Crippen molar-refractivity contribution in [2.24, 2.45) is 5.92 Å². The van der Waals surface area contributed by atoms with Crippen molar-refractivity contribution in [3.63, 3.8) is 0 Å². The summed E-state index contributed by atoms with van der Waals surface area (Å²) in [6, 6.07) is 6.97. The molecule has 2 fully saturated rings. The van der Waals surface area contributed by atoms with Crippen molar-refractivity contribution in [1.82, 2.24) is 9.80 Å². The largest absolute Gasteiger partial charge is 0.339 e. The summed E-state index contributed by atoms with van der Waals surface area (Å²) in [5.74, 6) is -0.314. The smallest absolute Gasteiger partial charge is 0.247 e. The molecule has 0 bridgehead atoms. The molecule has 2 aliphatic heterocycles. The molecule has 0 aliphatic carbocycles. The van der Waals surface area contributed by atoms with Crippen LogP contribution in [0.2, 0.25) is 0 Å². The molecule has 2 aliphatic rings. The third-order valence-corrected chi connectivity index (χ3v) is 5.81. The Morgan fingerprint density at radius 1 is 1.07 bits per heavy atom. The molecule has 3 rings (SSSR count). The quantitative estimate of drug-likeness (QED) is 0.742. The number of nitrogens with one attached hydrogen (secondary N) is 1. The highest BCUT2D eigenvalue weighted by Crippen LogP contribution is 2.26. The highest BCUT2D eigenvalue weighted by atomic mass is 79.9. The van der Waals surface area contributed by atoms with Crippen LogP contribution in [0.5, 0.6) is 0 Å². The molecule has 27 heavy (non-hydrogen) atoms. The van der Waals surface area contributed by atoms with Crippen LogP contribution in [0, 0.1) is 5.92 Å². The van der Waals surface area contributed by atoms with Crippen LogP contribution in [-0.2, 0) is 14.4 Å². The van der Waals surface area contributed by atoms with E-state index in [0.717, 1.165) is 16.6 Å². The second kappa shape index (κ2) is 8.69. The Labute approximate surface area is 167 Å². The van der Waals surface area contributed by atoms with Gasteiger partial charge >= 0.3 is 0 Å². The number of nitrogens with zero attached hydrogens (tertiary/aromatic N) is 2. The van der Waals surface area contributed by atoms with E-state index in [1.165, 1.54) is 6.08 Å². The first-order valence-electron chi connectivity index (χ1n) is 9.28. The van der Waals surface area contributed by atoms with Crippen molar-refractivity contribution >= 4 is 39.3 Å². The maximum absolute atomic E-state index is 13.0. The topological polar surface area (TPSA) is 69.7 Å². The minimum absolute atomic E-state index is 0.0363. The molecular weight excluding hydrogens is 410 g/mol. The normalized spacial score (nSPS) is 20.4. The number of anilines is 1. The van der Waals surface area contributed by atoms with Gasteiger partial charge in [0, 0.05) is 35.7 Å². The fourth-order valence-electron chi connectivity index (χ4n) is 3.77. The first-order valence-corrected chi connectivity index (χ1v) is 10.1. The highest BCUT2D eigenvalue weighted by molar-refractivity contribution is 9.10. The molecule has 144 valence electrons. The van der Waals surface area contributed by atoms with Gasteiger partial charge in [-0.1, -0.05) is 22.5 Å². The number of rotatable bonds is 4. The standard InChI is InChI=1S/C20H24BrN3O3/c1-2-18(25)23-12-9-14(10-13-23)20(27)24-11-3-4-17(24)19(26)22-16-7-5-15(21)6-8-16/h2,5-8,14,17H,1,3-4,9-13H2,(H,22,26). The lowest BCUT2D eigenvalue weighted by atomic mass is 9.94. The zero-order chi connectivity index (χ0) is 19.4. The summed E-state index contributed by atoms with van der Waals surface area (Å²) >= 11 is 3.37. The summed E-state index contributed by atoms with van der Waals surface area (Å²) in [4.78, 5) is 40.8. The molecule has 2 heterocycles. The maximum atomic E-state index is 13.0. The summed E-state index contributed by atoms with van der Waals surface area (Å²) in [5, 5.41) is 2.91. The molecule has 6 nitrogen and oxygen atoms in total. The molecule has 7 heteroatoms. The van der Waals surface area contributed by atoms with Crippen LogP contribution in [0.3, 0.4) is 0 Å². The van der Waals surface area contributed by atoms with Gasteiger partial charge in [0.25, 0.3) is 0 Å². The van der Waals surface area contributed by atoms with Gasteiger partial charge in [0.1, 0.15) is 6.04 Å². The van der Waals surface area contributed by atoms with E-state index >= 15 is 0 Å². The van der Waals surface area contributed by atoms with Crippen LogP contribution < -0.4 is 5.32 Å². The van der Waals surface area contributed by atoms with Gasteiger partial charge in [0.2, 0.25) is 17.7 Å². The van der Waals surface area contributed by atoms with Gasteiger partial charge in [-0.15, -0.1) is 0 Å². The van der Waals surface area contributed by atoms with Gasteiger partial charge in [-0.3, -0.25) is 14.4 Å². The highest BCUT2D eigenvalue weighted by Gasteiger charge is 2.38. The molecule has 1 atom stereocenters. The third kappa shape index (κ3) is 4.58. The van der Waals surface area contributed by atoms with E-state index < -0.39 is 6.04 Å². The summed E-state index contributed by atoms with van der Waals surface area (Å²) in [6.45, 7) is 5.24.